The third-order valence-electron chi connectivity index (χ3n) is 5.25. The van der Waals surface area contributed by atoms with E-state index in [1.165, 1.54) is 35.9 Å². The first-order valence-corrected chi connectivity index (χ1v) is 11.8. The number of hydrogen-bond acceptors (Lipinski definition) is 6. The molecule has 0 fully saturated rings. The first kappa shape index (κ1) is 27.1. The topological polar surface area (TPSA) is 111 Å². The van der Waals surface area contributed by atoms with Gasteiger partial charge in [0.1, 0.15) is 18.3 Å². The summed E-state index contributed by atoms with van der Waals surface area (Å²) < 4.78 is 42.0. The number of hydrogen-bond donors (Lipinski definition) is 2. The van der Waals surface area contributed by atoms with Gasteiger partial charge in [-0.05, 0) is 43.3 Å². The van der Waals surface area contributed by atoms with E-state index in [9.17, 15) is 28.2 Å². The maximum absolute atomic E-state index is 13.1. The van der Waals surface area contributed by atoms with Crippen LogP contribution in [0.5, 0.6) is 0 Å². The van der Waals surface area contributed by atoms with Crippen LogP contribution in [0.3, 0.4) is 0 Å². The summed E-state index contributed by atoms with van der Waals surface area (Å²) in [5.74, 6) is -0.0742. The van der Waals surface area contributed by atoms with Gasteiger partial charge in [0.15, 0.2) is 23.6 Å². The molecule has 0 saturated heterocycles. The first-order chi connectivity index (χ1) is 17.4. The molecule has 0 aliphatic carbocycles. The van der Waals surface area contributed by atoms with Gasteiger partial charge in [0.25, 0.3) is 0 Å². The maximum Gasteiger partial charge on any atom is 0.416 e. The number of aromatic nitrogens is 6. The summed E-state index contributed by atoms with van der Waals surface area (Å²) in [6.07, 6.45) is -8.88. The Morgan fingerprint density at radius 3 is 2.19 bits per heavy atom. The molecule has 196 valence electrons. The zero-order chi connectivity index (χ0) is 27.1. The van der Waals surface area contributed by atoms with Gasteiger partial charge in [0.05, 0.1) is 16.6 Å². The van der Waals surface area contributed by atoms with Crippen LogP contribution in [0.25, 0.3) is 17.1 Å². The van der Waals surface area contributed by atoms with Crippen molar-refractivity contribution in [2.24, 2.45) is 0 Å². The number of aliphatic hydroxyl groups is 2. The van der Waals surface area contributed by atoms with Crippen LogP contribution in [0.4, 0.5) is 13.2 Å². The number of alkyl halides is 3. The highest BCUT2D eigenvalue weighted by Crippen LogP contribution is 2.30. The molecule has 2 N–H and O–H groups in total. The Labute approximate surface area is 222 Å². The second-order valence-electron chi connectivity index (χ2n) is 7.98. The molecule has 0 radical (unpaired) electrons. The van der Waals surface area contributed by atoms with Crippen molar-refractivity contribution in [1.29, 1.82) is 0 Å². The summed E-state index contributed by atoms with van der Waals surface area (Å²) in [5.41, 5.74) is -0.409. The Bertz CT molecular complexity index is 1460. The summed E-state index contributed by atoms with van der Waals surface area (Å²) in [4.78, 5) is 17.4. The fraction of sp³-hybridized carbons (Fsp3) is 0.273. The third kappa shape index (κ3) is 5.68. The number of halogens is 6. The normalized spacial score (nSPS) is 13.6. The molecule has 2 atom stereocenters. The van der Waals surface area contributed by atoms with Gasteiger partial charge < -0.3 is 10.2 Å². The average Bonchev–Trinajstić information content (AvgIpc) is 3.36. The SMILES string of the molecule is C[C@@H](O)c1nc(Cn2nc(-c3ccc(Cl)cc3)n(C[C@H](O)C(F)(F)F)c2=O)nn1-c1c(Cl)cccc1Cl. The zero-order valence-electron chi connectivity index (χ0n) is 18.9. The second-order valence-corrected chi connectivity index (χ2v) is 9.23. The van der Waals surface area contributed by atoms with Crippen molar-refractivity contribution in [2.45, 2.75) is 38.4 Å². The predicted octanol–water partition coefficient (Wildman–Crippen LogP) is 4.28. The second kappa shape index (κ2) is 10.5. The highest BCUT2D eigenvalue weighted by molar-refractivity contribution is 6.37. The molecule has 15 heteroatoms. The van der Waals surface area contributed by atoms with Gasteiger partial charge >= 0.3 is 11.9 Å². The fourth-order valence-corrected chi connectivity index (χ4v) is 4.18. The highest BCUT2D eigenvalue weighted by Gasteiger charge is 2.39. The number of nitrogens with zero attached hydrogens (tertiary/aromatic N) is 6. The summed E-state index contributed by atoms with van der Waals surface area (Å²) in [7, 11) is 0. The van der Waals surface area contributed by atoms with E-state index in [0.29, 0.717) is 15.2 Å². The average molecular weight is 578 g/mol. The Morgan fingerprint density at radius 2 is 1.62 bits per heavy atom. The number of benzene rings is 2. The van der Waals surface area contributed by atoms with Crippen molar-refractivity contribution in [2.75, 3.05) is 0 Å². The zero-order valence-corrected chi connectivity index (χ0v) is 21.1. The Balaban J connectivity index is 1.79. The summed E-state index contributed by atoms with van der Waals surface area (Å²) >= 11 is 18.4. The summed E-state index contributed by atoms with van der Waals surface area (Å²) in [6, 6.07) is 10.7. The molecule has 2 aromatic heterocycles. The van der Waals surface area contributed by atoms with Gasteiger partial charge in [-0.3, -0.25) is 4.57 Å². The minimum Gasteiger partial charge on any atom is -0.385 e. The van der Waals surface area contributed by atoms with Crippen LogP contribution in [-0.2, 0) is 13.1 Å². The lowest BCUT2D eigenvalue weighted by molar-refractivity contribution is -0.207. The fourth-order valence-electron chi connectivity index (χ4n) is 3.49. The van der Waals surface area contributed by atoms with Gasteiger partial charge in [0.2, 0.25) is 0 Å². The van der Waals surface area contributed by atoms with Gasteiger partial charge in [0, 0.05) is 10.6 Å². The molecule has 0 saturated carbocycles. The third-order valence-corrected chi connectivity index (χ3v) is 6.11. The number of para-hydroxylation sites is 1. The van der Waals surface area contributed by atoms with Gasteiger partial charge in [-0.1, -0.05) is 40.9 Å². The molecule has 2 heterocycles. The summed E-state index contributed by atoms with van der Waals surface area (Å²) in [5, 5.41) is 29.2. The molecule has 9 nitrogen and oxygen atoms in total. The molecule has 0 aliphatic rings. The lowest BCUT2D eigenvalue weighted by atomic mass is 10.2. The van der Waals surface area contributed by atoms with Crippen molar-refractivity contribution in [3.8, 4) is 17.1 Å². The molecular formula is C22H18Cl3F3N6O3. The molecule has 2 aromatic carbocycles. The van der Waals surface area contributed by atoms with Crippen molar-refractivity contribution in [3.05, 3.63) is 79.7 Å². The van der Waals surface area contributed by atoms with E-state index in [1.807, 2.05) is 0 Å². The van der Waals surface area contributed by atoms with E-state index >= 15 is 0 Å². The first-order valence-electron chi connectivity index (χ1n) is 10.6. The van der Waals surface area contributed by atoms with E-state index in [1.54, 1.807) is 18.2 Å². The van der Waals surface area contributed by atoms with Crippen molar-refractivity contribution >= 4 is 34.8 Å². The minimum atomic E-state index is -4.96. The highest BCUT2D eigenvalue weighted by atomic mass is 35.5. The lowest BCUT2D eigenvalue weighted by Crippen LogP contribution is -2.37. The van der Waals surface area contributed by atoms with Crippen LogP contribution in [-0.4, -0.2) is 51.6 Å². The van der Waals surface area contributed by atoms with Crippen LogP contribution in [0, 0.1) is 0 Å². The standard InChI is InChI=1S/C22H18Cl3F3N6O3/c1-11(35)19-29-17(30-34(19)18-14(24)3-2-4-15(18)25)10-33-21(37)32(9-16(36)22(26,27)28)20(31-33)12-5-7-13(23)8-6-12/h2-8,11,16,35-36H,9-10H2,1H3/t11-,16+/m1/s1. The van der Waals surface area contributed by atoms with Crippen LogP contribution in [0.1, 0.15) is 24.7 Å². The van der Waals surface area contributed by atoms with Crippen molar-refractivity contribution < 1.29 is 23.4 Å². The molecular weight excluding hydrogens is 560 g/mol. The Kier molecular flexibility index (Phi) is 7.67. The molecule has 4 aromatic rings. The molecule has 0 amide bonds. The molecule has 0 spiro atoms. The molecule has 4 rings (SSSR count). The number of rotatable bonds is 7. The Hall–Kier alpha value is -2.90. The van der Waals surface area contributed by atoms with Crippen molar-refractivity contribution in [1.82, 2.24) is 29.1 Å². The molecule has 37 heavy (non-hydrogen) atoms. The van der Waals surface area contributed by atoms with Crippen molar-refractivity contribution in [3.63, 3.8) is 0 Å². The quantitative estimate of drug-likeness (QED) is 0.339. The lowest BCUT2D eigenvalue weighted by Gasteiger charge is -2.15. The van der Waals surface area contributed by atoms with Crippen LogP contribution in [0.15, 0.2) is 47.3 Å². The summed E-state index contributed by atoms with van der Waals surface area (Å²) in [6.45, 7) is -0.0211. The van der Waals surface area contributed by atoms with Gasteiger partial charge in [-0.15, -0.1) is 10.2 Å². The molecule has 0 bridgehead atoms. The monoisotopic (exact) mass is 576 g/mol. The van der Waals surface area contributed by atoms with E-state index < -0.39 is 30.6 Å². The van der Waals surface area contributed by atoms with Gasteiger partial charge in [-0.2, -0.15) is 13.2 Å². The van der Waals surface area contributed by atoms with Crippen LogP contribution >= 0.6 is 34.8 Å². The molecule has 0 aliphatic heterocycles. The van der Waals surface area contributed by atoms with Gasteiger partial charge in [-0.25, -0.2) is 19.1 Å². The van der Waals surface area contributed by atoms with E-state index in [-0.39, 0.29) is 39.8 Å². The Morgan fingerprint density at radius 1 is 1.00 bits per heavy atom. The predicted molar refractivity (Wildman–Crippen MR) is 130 cm³/mol. The smallest absolute Gasteiger partial charge is 0.385 e. The van der Waals surface area contributed by atoms with E-state index in [4.69, 9.17) is 34.8 Å². The van der Waals surface area contributed by atoms with Crippen LogP contribution < -0.4 is 5.69 Å². The van der Waals surface area contributed by atoms with E-state index in [2.05, 4.69) is 15.2 Å². The minimum absolute atomic E-state index is 0.00216. The van der Waals surface area contributed by atoms with Crippen LogP contribution in [0.2, 0.25) is 15.1 Å². The number of aliphatic hydroxyl groups excluding tert-OH is 2. The molecule has 0 unspecified atom stereocenters. The largest absolute Gasteiger partial charge is 0.416 e. The maximum atomic E-state index is 13.1. The van der Waals surface area contributed by atoms with E-state index in [0.717, 1.165) is 4.68 Å².